The van der Waals surface area contributed by atoms with Crippen LogP contribution in [-0.2, 0) is 0 Å². The number of methoxy groups -OCH3 is 1. The number of nitrogens with one attached hydrogen (secondary N) is 2. The van der Waals surface area contributed by atoms with E-state index in [2.05, 4.69) is 15.6 Å². The molecule has 0 spiro atoms. The number of anilines is 2. The molecule has 3 aromatic rings. The summed E-state index contributed by atoms with van der Waals surface area (Å²) in [5, 5.41) is 6.09. The molecule has 0 bridgehead atoms. The summed E-state index contributed by atoms with van der Waals surface area (Å²) in [6.07, 6.45) is 1.61. The Balaban J connectivity index is 1.51. The Hall–Kier alpha value is -3.54. The van der Waals surface area contributed by atoms with Crippen molar-refractivity contribution in [3.05, 3.63) is 78.0 Å². The first-order valence-electron chi connectivity index (χ1n) is 8.99. The molecule has 3 rings (SSSR count). The molecule has 28 heavy (non-hydrogen) atoms. The molecule has 2 aromatic carbocycles. The SMILES string of the molecule is COc1ccc(OCCNc2cc(C(=O)Nc3ccccc3C)ccn2)cc1. The number of aromatic nitrogens is 1. The van der Waals surface area contributed by atoms with Crippen LogP contribution in [0.25, 0.3) is 0 Å². The van der Waals surface area contributed by atoms with Crippen molar-refractivity contribution in [2.75, 3.05) is 30.9 Å². The van der Waals surface area contributed by atoms with Crippen molar-refractivity contribution >= 4 is 17.4 Å². The molecule has 144 valence electrons. The Bertz CT molecular complexity index is 926. The molecule has 1 heterocycles. The molecule has 0 fully saturated rings. The van der Waals surface area contributed by atoms with E-state index in [0.29, 0.717) is 24.5 Å². The van der Waals surface area contributed by atoms with Crippen LogP contribution in [0.3, 0.4) is 0 Å². The molecule has 1 amide bonds. The summed E-state index contributed by atoms with van der Waals surface area (Å²) in [6, 6.07) is 18.5. The number of nitrogens with zero attached hydrogens (tertiary/aromatic N) is 1. The van der Waals surface area contributed by atoms with Crippen LogP contribution in [0.4, 0.5) is 11.5 Å². The van der Waals surface area contributed by atoms with Gasteiger partial charge >= 0.3 is 0 Å². The zero-order valence-electron chi connectivity index (χ0n) is 15.9. The fraction of sp³-hybridized carbons (Fsp3) is 0.182. The van der Waals surface area contributed by atoms with E-state index in [1.54, 1.807) is 25.4 Å². The minimum Gasteiger partial charge on any atom is -0.497 e. The second-order valence-electron chi connectivity index (χ2n) is 6.15. The first-order valence-corrected chi connectivity index (χ1v) is 8.99. The van der Waals surface area contributed by atoms with Crippen LogP contribution in [0.2, 0.25) is 0 Å². The van der Waals surface area contributed by atoms with Crippen LogP contribution in [0.5, 0.6) is 11.5 Å². The normalized spacial score (nSPS) is 10.2. The third-order valence-corrected chi connectivity index (χ3v) is 4.15. The van der Waals surface area contributed by atoms with Gasteiger partial charge in [0.2, 0.25) is 0 Å². The minimum atomic E-state index is -0.172. The van der Waals surface area contributed by atoms with Gasteiger partial charge < -0.3 is 20.1 Å². The van der Waals surface area contributed by atoms with E-state index in [4.69, 9.17) is 9.47 Å². The Labute approximate surface area is 164 Å². The van der Waals surface area contributed by atoms with Gasteiger partial charge in [-0.2, -0.15) is 0 Å². The molecule has 0 unspecified atom stereocenters. The number of benzene rings is 2. The highest BCUT2D eigenvalue weighted by Crippen LogP contribution is 2.17. The van der Waals surface area contributed by atoms with Crippen molar-refractivity contribution < 1.29 is 14.3 Å². The number of carbonyl (C=O) groups is 1. The maximum Gasteiger partial charge on any atom is 0.255 e. The van der Waals surface area contributed by atoms with E-state index in [-0.39, 0.29) is 5.91 Å². The molecule has 1 aromatic heterocycles. The van der Waals surface area contributed by atoms with Crippen molar-refractivity contribution in [2.24, 2.45) is 0 Å². The Morgan fingerprint density at radius 2 is 1.79 bits per heavy atom. The van der Waals surface area contributed by atoms with Gasteiger partial charge in [-0.05, 0) is 55.0 Å². The van der Waals surface area contributed by atoms with Crippen molar-refractivity contribution in [2.45, 2.75) is 6.92 Å². The van der Waals surface area contributed by atoms with E-state index >= 15 is 0 Å². The topological polar surface area (TPSA) is 72.5 Å². The third kappa shape index (κ3) is 5.23. The zero-order valence-corrected chi connectivity index (χ0v) is 15.9. The van der Waals surface area contributed by atoms with Gasteiger partial charge in [0.25, 0.3) is 5.91 Å². The Kier molecular flexibility index (Phi) is 6.46. The molecule has 6 heteroatoms. The van der Waals surface area contributed by atoms with Crippen molar-refractivity contribution in [1.29, 1.82) is 0 Å². The van der Waals surface area contributed by atoms with Gasteiger partial charge in [-0.3, -0.25) is 4.79 Å². The van der Waals surface area contributed by atoms with Crippen molar-refractivity contribution in [3.63, 3.8) is 0 Å². The second kappa shape index (κ2) is 9.41. The number of pyridine rings is 1. The fourth-order valence-corrected chi connectivity index (χ4v) is 2.60. The molecule has 0 saturated carbocycles. The van der Waals surface area contributed by atoms with E-state index in [0.717, 1.165) is 22.7 Å². The Morgan fingerprint density at radius 3 is 2.54 bits per heavy atom. The molecule has 0 atom stereocenters. The summed E-state index contributed by atoms with van der Waals surface area (Å²) in [5.41, 5.74) is 2.35. The standard InChI is InChI=1S/C22H23N3O3/c1-16-5-3-4-6-20(16)25-22(26)17-11-12-23-21(15-17)24-13-14-28-19-9-7-18(27-2)8-10-19/h3-12,15H,13-14H2,1-2H3,(H,23,24)(H,25,26). The highest BCUT2D eigenvalue weighted by atomic mass is 16.5. The fourth-order valence-electron chi connectivity index (χ4n) is 2.60. The van der Waals surface area contributed by atoms with Gasteiger partial charge in [0.15, 0.2) is 0 Å². The Morgan fingerprint density at radius 1 is 1.04 bits per heavy atom. The minimum absolute atomic E-state index is 0.172. The lowest BCUT2D eigenvalue weighted by molar-refractivity contribution is 0.102. The number of hydrogen-bond acceptors (Lipinski definition) is 5. The summed E-state index contributed by atoms with van der Waals surface area (Å²) >= 11 is 0. The zero-order chi connectivity index (χ0) is 19.8. The quantitative estimate of drug-likeness (QED) is 0.577. The summed E-state index contributed by atoms with van der Waals surface area (Å²) < 4.78 is 10.8. The van der Waals surface area contributed by atoms with Crippen LogP contribution < -0.4 is 20.1 Å². The predicted octanol–water partition coefficient (Wildman–Crippen LogP) is 4.14. The van der Waals surface area contributed by atoms with Crippen LogP contribution >= 0.6 is 0 Å². The lowest BCUT2D eigenvalue weighted by atomic mass is 10.2. The molecule has 2 N–H and O–H groups in total. The summed E-state index contributed by atoms with van der Waals surface area (Å²) in [4.78, 5) is 16.7. The smallest absolute Gasteiger partial charge is 0.255 e. The van der Waals surface area contributed by atoms with Gasteiger partial charge in [0, 0.05) is 17.4 Å². The lowest BCUT2D eigenvalue weighted by Gasteiger charge is -2.10. The summed E-state index contributed by atoms with van der Waals surface area (Å²) in [7, 11) is 1.63. The van der Waals surface area contributed by atoms with Gasteiger partial charge in [-0.25, -0.2) is 4.98 Å². The number of amides is 1. The molecular weight excluding hydrogens is 354 g/mol. The van der Waals surface area contributed by atoms with E-state index in [9.17, 15) is 4.79 Å². The monoisotopic (exact) mass is 377 g/mol. The molecule has 0 radical (unpaired) electrons. The highest BCUT2D eigenvalue weighted by Gasteiger charge is 2.08. The van der Waals surface area contributed by atoms with E-state index < -0.39 is 0 Å². The summed E-state index contributed by atoms with van der Waals surface area (Å²) in [6.45, 7) is 2.98. The van der Waals surface area contributed by atoms with Crippen LogP contribution in [0.1, 0.15) is 15.9 Å². The van der Waals surface area contributed by atoms with Gasteiger partial charge in [0.05, 0.1) is 13.7 Å². The highest BCUT2D eigenvalue weighted by molar-refractivity contribution is 6.05. The first-order chi connectivity index (χ1) is 13.7. The third-order valence-electron chi connectivity index (χ3n) is 4.15. The molecule has 0 aliphatic rings. The lowest BCUT2D eigenvalue weighted by Crippen LogP contribution is -2.15. The maximum atomic E-state index is 12.5. The van der Waals surface area contributed by atoms with Crippen LogP contribution in [-0.4, -0.2) is 31.2 Å². The van der Waals surface area contributed by atoms with Gasteiger partial charge in [-0.1, -0.05) is 18.2 Å². The van der Waals surface area contributed by atoms with E-state index in [1.165, 1.54) is 0 Å². The largest absolute Gasteiger partial charge is 0.497 e. The number of para-hydroxylation sites is 1. The maximum absolute atomic E-state index is 12.5. The predicted molar refractivity (Wildman–Crippen MR) is 110 cm³/mol. The number of hydrogen-bond donors (Lipinski definition) is 2. The molecule has 0 saturated heterocycles. The van der Waals surface area contributed by atoms with E-state index in [1.807, 2.05) is 55.5 Å². The number of rotatable bonds is 8. The second-order valence-corrected chi connectivity index (χ2v) is 6.15. The van der Waals surface area contributed by atoms with Crippen LogP contribution in [0, 0.1) is 6.92 Å². The van der Waals surface area contributed by atoms with Crippen molar-refractivity contribution in [1.82, 2.24) is 4.98 Å². The number of ether oxygens (including phenoxy) is 2. The van der Waals surface area contributed by atoms with Crippen molar-refractivity contribution in [3.8, 4) is 11.5 Å². The number of aryl methyl sites for hydroxylation is 1. The first kappa shape index (κ1) is 19.2. The molecular formula is C22H23N3O3. The van der Waals surface area contributed by atoms with Gasteiger partial charge in [-0.15, -0.1) is 0 Å². The molecule has 0 aliphatic heterocycles. The van der Waals surface area contributed by atoms with Crippen LogP contribution in [0.15, 0.2) is 66.9 Å². The van der Waals surface area contributed by atoms with Gasteiger partial charge in [0.1, 0.15) is 23.9 Å². The average molecular weight is 377 g/mol. The molecule has 6 nitrogen and oxygen atoms in total. The molecule has 0 aliphatic carbocycles. The summed E-state index contributed by atoms with van der Waals surface area (Å²) in [5.74, 6) is 2.00. The average Bonchev–Trinajstić information content (AvgIpc) is 2.73. The number of carbonyl (C=O) groups excluding carboxylic acids is 1.